The van der Waals surface area contributed by atoms with Gasteiger partial charge in [-0.05, 0) is 36.6 Å². The molecule has 2 aromatic carbocycles. The lowest BCUT2D eigenvalue weighted by Gasteiger charge is -2.28. The van der Waals surface area contributed by atoms with Crippen LogP contribution in [0.4, 0.5) is 4.79 Å². The van der Waals surface area contributed by atoms with Crippen molar-refractivity contribution in [1.82, 2.24) is 15.1 Å². The molecule has 6 nitrogen and oxygen atoms in total. The Morgan fingerprint density at radius 1 is 0.882 bits per heavy atom. The van der Waals surface area contributed by atoms with Crippen molar-refractivity contribution in [2.75, 3.05) is 26.8 Å². The van der Waals surface area contributed by atoms with Gasteiger partial charge in [-0.2, -0.15) is 0 Å². The lowest BCUT2D eigenvalue weighted by atomic mass is 10.2. The van der Waals surface area contributed by atoms with E-state index in [0.717, 1.165) is 16.0 Å². The van der Waals surface area contributed by atoms with E-state index in [0.29, 0.717) is 39.2 Å². The van der Waals surface area contributed by atoms with Crippen molar-refractivity contribution in [3.8, 4) is 0 Å². The quantitative estimate of drug-likeness (QED) is 0.379. The smallest absolute Gasteiger partial charge is 0.318 e. The molecular weight excluding hydrogens is 446 g/mol. The number of urea groups is 1. The van der Waals surface area contributed by atoms with Gasteiger partial charge < -0.3 is 19.9 Å². The number of nitrogens with zero attached hydrogens (tertiary/aromatic N) is 2. The van der Waals surface area contributed by atoms with Crippen LogP contribution >= 0.6 is 11.3 Å². The molecule has 3 amide bonds. The number of carbonyl (C=O) groups is 2. The second kappa shape index (κ2) is 13.5. The summed E-state index contributed by atoms with van der Waals surface area (Å²) in [6, 6.07) is 23.6. The summed E-state index contributed by atoms with van der Waals surface area (Å²) in [7, 11) is 1.63. The normalized spacial score (nSPS) is 10.6. The maximum absolute atomic E-state index is 13.5. The van der Waals surface area contributed by atoms with Crippen LogP contribution in [0.2, 0.25) is 0 Å². The third-order valence-corrected chi connectivity index (χ3v) is 6.37. The van der Waals surface area contributed by atoms with Gasteiger partial charge in [0.05, 0.1) is 6.54 Å². The standard InChI is InChI=1S/C27H33N3O3S/c1-22-14-15-25(34-22)20-30(19-24-12-7-4-8-13-24)26(31)21-29(16-9-17-33-2)27(32)28-18-23-10-5-3-6-11-23/h3-8,10-15H,9,16-21H2,1-2H3,(H,28,32). The molecule has 0 unspecified atom stereocenters. The molecule has 34 heavy (non-hydrogen) atoms. The molecule has 0 fully saturated rings. The van der Waals surface area contributed by atoms with Crippen LogP contribution in [0.15, 0.2) is 72.8 Å². The van der Waals surface area contributed by atoms with Gasteiger partial charge in [-0.25, -0.2) is 4.79 Å². The van der Waals surface area contributed by atoms with Gasteiger partial charge in [0.2, 0.25) is 5.91 Å². The molecule has 0 saturated heterocycles. The van der Waals surface area contributed by atoms with Gasteiger partial charge in [0.15, 0.2) is 0 Å². The minimum atomic E-state index is -0.250. The minimum Gasteiger partial charge on any atom is -0.385 e. The number of hydrogen-bond donors (Lipinski definition) is 1. The van der Waals surface area contributed by atoms with Gasteiger partial charge in [0.1, 0.15) is 6.54 Å². The summed E-state index contributed by atoms with van der Waals surface area (Å²) < 4.78 is 5.16. The maximum Gasteiger partial charge on any atom is 0.318 e. The number of rotatable bonds is 12. The number of hydrogen-bond acceptors (Lipinski definition) is 4. The van der Waals surface area contributed by atoms with Gasteiger partial charge in [-0.3, -0.25) is 4.79 Å². The van der Waals surface area contributed by atoms with Gasteiger partial charge in [-0.1, -0.05) is 60.7 Å². The molecule has 0 spiro atoms. The van der Waals surface area contributed by atoms with Crippen molar-refractivity contribution < 1.29 is 14.3 Å². The Morgan fingerprint density at radius 2 is 1.56 bits per heavy atom. The SMILES string of the molecule is COCCCN(CC(=O)N(Cc1ccccc1)Cc1ccc(C)s1)C(=O)NCc1ccccc1. The number of methoxy groups -OCH3 is 1. The average Bonchev–Trinajstić information content (AvgIpc) is 3.27. The van der Waals surface area contributed by atoms with E-state index in [9.17, 15) is 9.59 Å². The second-order valence-electron chi connectivity index (χ2n) is 8.16. The fourth-order valence-electron chi connectivity index (χ4n) is 3.60. The summed E-state index contributed by atoms with van der Waals surface area (Å²) in [6.45, 7) is 4.47. The Balaban J connectivity index is 1.70. The van der Waals surface area contributed by atoms with E-state index in [2.05, 4.69) is 24.4 Å². The third kappa shape index (κ3) is 8.32. The van der Waals surface area contributed by atoms with E-state index in [1.807, 2.05) is 65.6 Å². The molecule has 0 aliphatic rings. The Kier molecular flexibility index (Phi) is 10.1. The highest BCUT2D eigenvalue weighted by atomic mass is 32.1. The summed E-state index contributed by atoms with van der Waals surface area (Å²) >= 11 is 1.69. The van der Waals surface area contributed by atoms with Crippen LogP contribution < -0.4 is 5.32 Å². The predicted octanol–water partition coefficient (Wildman–Crippen LogP) is 4.83. The topological polar surface area (TPSA) is 61.9 Å². The molecule has 7 heteroatoms. The summed E-state index contributed by atoms with van der Waals surface area (Å²) in [4.78, 5) is 32.2. The van der Waals surface area contributed by atoms with E-state index < -0.39 is 0 Å². The molecule has 0 aliphatic heterocycles. The van der Waals surface area contributed by atoms with Crippen LogP contribution in [0.3, 0.4) is 0 Å². The molecule has 1 N–H and O–H groups in total. The van der Waals surface area contributed by atoms with E-state index in [1.54, 1.807) is 23.3 Å². The van der Waals surface area contributed by atoms with Gasteiger partial charge in [0, 0.05) is 43.1 Å². The number of aryl methyl sites for hydroxylation is 1. The molecule has 0 aliphatic carbocycles. The van der Waals surface area contributed by atoms with Crippen LogP contribution in [0.25, 0.3) is 0 Å². The number of thiophene rings is 1. The highest BCUT2D eigenvalue weighted by Crippen LogP contribution is 2.19. The molecule has 1 aromatic heterocycles. The molecular formula is C27H33N3O3S. The van der Waals surface area contributed by atoms with Crippen LogP contribution in [-0.4, -0.2) is 48.5 Å². The minimum absolute atomic E-state index is 0.0154. The predicted molar refractivity (Wildman–Crippen MR) is 136 cm³/mol. The molecule has 3 aromatic rings. The number of carbonyl (C=O) groups excluding carboxylic acids is 2. The summed E-state index contributed by atoms with van der Waals surface area (Å²) in [6.07, 6.45) is 0.658. The summed E-state index contributed by atoms with van der Waals surface area (Å²) in [5.41, 5.74) is 2.07. The van der Waals surface area contributed by atoms with Crippen molar-refractivity contribution >= 4 is 23.3 Å². The Morgan fingerprint density at radius 3 is 2.18 bits per heavy atom. The molecule has 3 rings (SSSR count). The van der Waals surface area contributed by atoms with Crippen LogP contribution in [-0.2, 0) is 29.2 Å². The number of nitrogens with one attached hydrogen (secondary N) is 1. The van der Waals surface area contributed by atoms with Gasteiger partial charge in [-0.15, -0.1) is 11.3 Å². The molecule has 0 radical (unpaired) electrons. The molecule has 180 valence electrons. The van der Waals surface area contributed by atoms with Crippen molar-refractivity contribution in [3.63, 3.8) is 0 Å². The first-order chi connectivity index (χ1) is 16.5. The average molecular weight is 480 g/mol. The summed E-state index contributed by atoms with van der Waals surface area (Å²) in [5.74, 6) is -0.0813. The first-order valence-electron chi connectivity index (χ1n) is 11.5. The zero-order chi connectivity index (χ0) is 24.2. The first kappa shape index (κ1) is 25.5. The first-order valence-corrected chi connectivity index (χ1v) is 12.3. The van der Waals surface area contributed by atoms with Crippen LogP contribution in [0.5, 0.6) is 0 Å². The molecule has 0 atom stereocenters. The lowest BCUT2D eigenvalue weighted by molar-refractivity contribution is -0.133. The van der Waals surface area contributed by atoms with E-state index in [1.165, 1.54) is 4.88 Å². The molecule has 1 heterocycles. The van der Waals surface area contributed by atoms with E-state index in [-0.39, 0.29) is 18.5 Å². The van der Waals surface area contributed by atoms with E-state index >= 15 is 0 Å². The number of amides is 3. The number of benzene rings is 2. The van der Waals surface area contributed by atoms with Crippen LogP contribution in [0.1, 0.15) is 27.3 Å². The van der Waals surface area contributed by atoms with Crippen molar-refractivity contribution in [1.29, 1.82) is 0 Å². The fraction of sp³-hybridized carbons (Fsp3) is 0.333. The monoisotopic (exact) mass is 479 g/mol. The molecule has 0 saturated carbocycles. The van der Waals surface area contributed by atoms with E-state index in [4.69, 9.17) is 4.74 Å². The largest absolute Gasteiger partial charge is 0.385 e. The lowest BCUT2D eigenvalue weighted by Crippen LogP contribution is -2.46. The highest BCUT2D eigenvalue weighted by Gasteiger charge is 2.22. The fourth-order valence-corrected chi connectivity index (χ4v) is 4.50. The number of ether oxygens (including phenoxy) is 1. The highest BCUT2D eigenvalue weighted by molar-refractivity contribution is 7.11. The zero-order valence-corrected chi connectivity index (χ0v) is 20.7. The summed E-state index contributed by atoms with van der Waals surface area (Å²) in [5, 5.41) is 2.95. The van der Waals surface area contributed by atoms with Gasteiger partial charge >= 0.3 is 6.03 Å². The zero-order valence-electron chi connectivity index (χ0n) is 19.9. The van der Waals surface area contributed by atoms with Crippen LogP contribution in [0, 0.1) is 6.92 Å². The second-order valence-corrected chi connectivity index (χ2v) is 9.53. The van der Waals surface area contributed by atoms with Crippen molar-refractivity contribution in [2.45, 2.75) is 33.0 Å². The van der Waals surface area contributed by atoms with Crippen molar-refractivity contribution in [3.05, 3.63) is 93.7 Å². The Hall–Kier alpha value is -3.16. The third-order valence-electron chi connectivity index (χ3n) is 5.39. The van der Waals surface area contributed by atoms with Crippen molar-refractivity contribution in [2.24, 2.45) is 0 Å². The maximum atomic E-state index is 13.5. The van der Waals surface area contributed by atoms with Gasteiger partial charge in [0.25, 0.3) is 0 Å². The molecule has 0 bridgehead atoms. The Labute approximate surface area is 206 Å². The Bertz CT molecular complexity index is 1020.